The number of nitrogens with one attached hydrogen (secondary N) is 1. The third-order valence-corrected chi connectivity index (χ3v) is 2.48. The minimum atomic E-state index is -0.741. The minimum absolute atomic E-state index is 0.0135. The molecule has 0 aliphatic rings. The number of aromatic nitrogens is 4. The maximum atomic E-state index is 11.5. The zero-order valence-corrected chi connectivity index (χ0v) is 9.29. The molecule has 0 saturated heterocycles. The van der Waals surface area contributed by atoms with E-state index < -0.39 is 11.7 Å². The molecule has 0 fully saturated rings. The van der Waals surface area contributed by atoms with Crippen molar-refractivity contribution in [3.63, 3.8) is 0 Å². The molecule has 0 aromatic carbocycles. The lowest BCUT2D eigenvalue weighted by molar-refractivity contribution is 0.132. The van der Waals surface area contributed by atoms with E-state index in [-0.39, 0.29) is 24.1 Å². The maximum Gasteiger partial charge on any atom is 0.280 e. The first-order valence-electron chi connectivity index (χ1n) is 5.13. The average molecular weight is 238 g/mol. The number of hydrogen-bond donors (Lipinski definition) is 4. The lowest BCUT2D eigenvalue weighted by atomic mass is 10.2. The minimum Gasteiger partial charge on any atom is -0.390 e. The maximum absolute atomic E-state index is 11.5. The number of nitrogen functional groups attached to an aromatic ring is 1. The Morgan fingerprint density at radius 3 is 3.00 bits per heavy atom. The molecule has 2 heterocycles. The number of nitrogens with zero attached hydrogens (tertiary/aromatic N) is 3. The van der Waals surface area contributed by atoms with Crippen LogP contribution in [-0.2, 0) is 6.54 Å². The molecule has 0 amide bonds. The van der Waals surface area contributed by atoms with Crippen molar-refractivity contribution < 1.29 is 5.11 Å². The predicted octanol–water partition coefficient (Wildman–Crippen LogP) is -1.59. The summed E-state index contributed by atoms with van der Waals surface area (Å²) in [5.74, 6) is 0.0135. The Labute approximate surface area is 96.3 Å². The number of nitrogens with two attached hydrogens (primary N) is 2. The molecule has 2 aromatic heterocycles. The van der Waals surface area contributed by atoms with Crippen molar-refractivity contribution >= 4 is 17.1 Å². The second kappa shape index (κ2) is 4.15. The molecule has 2 atom stereocenters. The zero-order valence-electron chi connectivity index (χ0n) is 9.29. The highest BCUT2D eigenvalue weighted by Crippen LogP contribution is 2.07. The first kappa shape index (κ1) is 11.6. The Balaban J connectivity index is 2.46. The largest absolute Gasteiger partial charge is 0.390 e. The topological polar surface area (TPSA) is 136 Å². The summed E-state index contributed by atoms with van der Waals surface area (Å²) in [6.07, 6.45) is 0.688. The summed E-state index contributed by atoms with van der Waals surface area (Å²) in [6, 6.07) is -0.383. The number of aliphatic hydroxyl groups excluding tert-OH is 1. The molecule has 2 aromatic rings. The molecular weight excluding hydrogens is 224 g/mol. The van der Waals surface area contributed by atoms with Crippen LogP contribution in [0.3, 0.4) is 0 Å². The molecule has 0 spiro atoms. The van der Waals surface area contributed by atoms with E-state index in [1.54, 1.807) is 11.5 Å². The number of imidazole rings is 1. The number of aliphatic hydroxyl groups is 1. The van der Waals surface area contributed by atoms with Gasteiger partial charge in [-0.05, 0) is 6.92 Å². The van der Waals surface area contributed by atoms with Crippen LogP contribution >= 0.6 is 0 Å². The molecule has 0 bridgehead atoms. The smallest absolute Gasteiger partial charge is 0.280 e. The normalized spacial score (nSPS) is 15.0. The van der Waals surface area contributed by atoms with Crippen molar-refractivity contribution in [3.05, 3.63) is 16.7 Å². The summed E-state index contributed by atoms with van der Waals surface area (Å²) in [5, 5.41) is 9.68. The summed E-state index contributed by atoms with van der Waals surface area (Å²) in [4.78, 5) is 21.7. The Kier molecular flexibility index (Phi) is 2.82. The Hall–Kier alpha value is -1.93. The van der Waals surface area contributed by atoms with Crippen LogP contribution in [0, 0.1) is 0 Å². The fourth-order valence-corrected chi connectivity index (χ4v) is 1.47. The Bertz CT molecular complexity index is 587. The molecule has 6 N–H and O–H groups in total. The summed E-state index contributed by atoms with van der Waals surface area (Å²) in [7, 11) is 0. The molecular formula is C9H14N6O2. The third kappa shape index (κ3) is 2.12. The fraction of sp³-hybridized carbons (Fsp3) is 0.444. The van der Waals surface area contributed by atoms with Crippen LogP contribution in [0.1, 0.15) is 6.92 Å². The van der Waals surface area contributed by atoms with E-state index in [2.05, 4.69) is 15.0 Å². The van der Waals surface area contributed by atoms with E-state index in [0.29, 0.717) is 5.65 Å². The van der Waals surface area contributed by atoms with E-state index in [4.69, 9.17) is 11.5 Å². The molecule has 0 aliphatic heterocycles. The summed E-state index contributed by atoms with van der Waals surface area (Å²) in [6.45, 7) is 1.91. The van der Waals surface area contributed by atoms with Crippen molar-refractivity contribution in [1.29, 1.82) is 0 Å². The van der Waals surface area contributed by atoms with Crippen LogP contribution in [0.15, 0.2) is 11.1 Å². The molecule has 2 rings (SSSR count). The van der Waals surface area contributed by atoms with Crippen molar-refractivity contribution in [3.8, 4) is 0 Å². The van der Waals surface area contributed by atoms with Gasteiger partial charge in [0.15, 0.2) is 11.2 Å². The van der Waals surface area contributed by atoms with E-state index >= 15 is 0 Å². The van der Waals surface area contributed by atoms with Crippen LogP contribution < -0.4 is 17.0 Å². The highest BCUT2D eigenvalue weighted by molar-refractivity contribution is 5.70. The first-order chi connectivity index (χ1) is 7.99. The van der Waals surface area contributed by atoms with Gasteiger partial charge in [0.2, 0.25) is 5.95 Å². The van der Waals surface area contributed by atoms with E-state index in [9.17, 15) is 9.90 Å². The van der Waals surface area contributed by atoms with Gasteiger partial charge in [0.05, 0.1) is 19.0 Å². The lowest BCUT2D eigenvalue weighted by Gasteiger charge is -2.14. The number of H-pyrrole nitrogens is 1. The van der Waals surface area contributed by atoms with Gasteiger partial charge in [-0.3, -0.25) is 9.78 Å². The Morgan fingerprint density at radius 2 is 2.35 bits per heavy atom. The van der Waals surface area contributed by atoms with Gasteiger partial charge in [-0.25, -0.2) is 4.98 Å². The third-order valence-electron chi connectivity index (χ3n) is 2.48. The van der Waals surface area contributed by atoms with Crippen LogP contribution in [0.2, 0.25) is 0 Å². The summed E-state index contributed by atoms with van der Waals surface area (Å²) >= 11 is 0. The summed E-state index contributed by atoms with van der Waals surface area (Å²) < 4.78 is 1.55. The second-order valence-electron chi connectivity index (χ2n) is 3.95. The second-order valence-corrected chi connectivity index (χ2v) is 3.95. The highest BCUT2D eigenvalue weighted by atomic mass is 16.3. The fourth-order valence-electron chi connectivity index (χ4n) is 1.47. The molecule has 8 nitrogen and oxygen atoms in total. The van der Waals surface area contributed by atoms with Gasteiger partial charge in [-0.15, -0.1) is 0 Å². The van der Waals surface area contributed by atoms with Crippen molar-refractivity contribution in [2.75, 3.05) is 5.73 Å². The van der Waals surface area contributed by atoms with Crippen molar-refractivity contribution in [2.24, 2.45) is 5.73 Å². The molecule has 0 saturated carbocycles. The van der Waals surface area contributed by atoms with Crippen molar-refractivity contribution in [1.82, 2.24) is 19.5 Å². The van der Waals surface area contributed by atoms with Gasteiger partial charge in [0.1, 0.15) is 0 Å². The molecule has 0 aliphatic carbocycles. The van der Waals surface area contributed by atoms with E-state index in [1.807, 2.05) is 0 Å². The summed E-state index contributed by atoms with van der Waals surface area (Å²) in [5.41, 5.74) is 11.1. The SMILES string of the molecule is C[C@@H](N)[C@H](O)Cn1cnc2c(=O)[nH]c(N)nc21. The quantitative estimate of drug-likeness (QED) is 0.509. The Morgan fingerprint density at radius 1 is 1.65 bits per heavy atom. The number of hydrogen-bond acceptors (Lipinski definition) is 6. The van der Waals surface area contributed by atoms with E-state index in [0.717, 1.165) is 0 Å². The van der Waals surface area contributed by atoms with Gasteiger partial charge in [-0.2, -0.15) is 4.98 Å². The van der Waals surface area contributed by atoms with Crippen molar-refractivity contribution in [2.45, 2.75) is 25.6 Å². The lowest BCUT2D eigenvalue weighted by Crippen LogP contribution is -2.34. The van der Waals surface area contributed by atoms with Crippen LogP contribution in [0.4, 0.5) is 5.95 Å². The molecule has 17 heavy (non-hydrogen) atoms. The molecule has 8 heteroatoms. The van der Waals surface area contributed by atoms with Gasteiger partial charge >= 0.3 is 0 Å². The average Bonchev–Trinajstić information content (AvgIpc) is 2.61. The van der Waals surface area contributed by atoms with Gasteiger partial charge in [0, 0.05) is 6.04 Å². The standard InChI is InChI=1S/C9H14N6O2/c1-4(10)5(16)2-15-3-12-6-7(15)13-9(11)14-8(6)17/h3-5,16H,2,10H2,1H3,(H3,11,13,14,17)/t4-,5-/m1/s1. The number of rotatable bonds is 3. The number of fused-ring (bicyclic) bond motifs is 1. The van der Waals surface area contributed by atoms with Gasteiger partial charge in [-0.1, -0.05) is 0 Å². The molecule has 0 radical (unpaired) electrons. The number of anilines is 1. The van der Waals surface area contributed by atoms with Crippen LogP contribution in [0.5, 0.6) is 0 Å². The van der Waals surface area contributed by atoms with Crippen LogP contribution in [0.25, 0.3) is 11.2 Å². The predicted molar refractivity (Wildman–Crippen MR) is 62.2 cm³/mol. The van der Waals surface area contributed by atoms with Gasteiger partial charge < -0.3 is 21.1 Å². The zero-order chi connectivity index (χ0) is 12.6. The monoisotopic (exact) mass is 238 g/mol. The number of aromatic amines is 1. The van der Waals surface area contributed by atoms with E-state index in [1.165, 1.54) is 6.33 Å². The molecule has 0 unspecified atom stereocenters. The highest BCUT2D eigenvalue weighted by Gasteiger charge is 2.14. The first-order valence-corrected chi connectivity index (χ1v) is 5.13. The van der Waals surface area contributed by atoms with Gasteiger partial charge in [0.25, 0.3) is 5.56 Å². The molecule has 92 valence electrons. The van der Waals surface area contributed by atoms with Crippen LogP contribution in [-0.4, -0.2) is 36.8 Å².